The summed E-state index contributed by atoms with van der Waals surface area (Å²) in [5, 5.41) is 10.6. The van der Waals surface area contributed by atoms with E-state index >= 15 is 0 Å². The van der Waals surface area contributed by atoms with Crippen LogP contribution < -0.4 is 4.31 Å². The van der Waals surface area contributed by atoms with Gasteiger partial charge in [0.1, 0.15) is 11.6 Å². The van der Waals surface area contributed by atoms with Crippen LogP contribution in [-0.4, -0.2) is 55.1 Å². The van der Waals surface area contributed by atoms with Gasteiger partial charge in [0.05, 0.1) is 11.2 Å². The Morgan fingerprint density at radius 2 is 1.81 bits per heavy atom. The van der Waals surface area contributed by atoms with Crippen molar-refractivity contribution >= 4 is 16.6 Å². The van der Waals surface area contributed by atoms with E-state index in [0.717, 1.165) is 29.7 Å². The molecule has 2 aliphatic heterocycles. The molecule has 5 rings (SSSR count). The second-order valence-electron chi connectivity index (χ2n) is 10.4. The third-order valence-electron chi connectivity index (χ3n) is 8.01. The Labute approximate surface area is 220 Å². The first-order valence-corrected chi connectivity index (χ1v) is 14.3. The first-order valence-electron chi connectivity index (χ1n) is 12.9. The monoisotopic (exact) mass is 525 g/mol. The molecule has 3 N–H and O–H groups in total. The largest absolute Gasteiger partial charge is 0.507 e. The second kappa shape index (κ2) is 9.93. The molecule has 0 bridgehead atoms. The molecule has 6 nitrogen and oxygen atoms in total. The van der Waals surface area contributed by atoms with Crippen LogP contribution in [0.2, 0.25) is 0 Å². The highest BCUT2D eigenvalue weighted by molar-refractivity contribution is 8.23. The average molecular weight is 526 g/mol. The van der Waals surface area contributed by atoms with Gasteiger partial charge in [-0.25, -0.2) is 4.39 Å². The molecule has 2 saturated heterocycles. The molecule has 198 valence electrons. The molecule has 0 aliphatic carbocycles. The number of anilines is 1. The summed E-state index contributed by atoms with van der Waals surface area (Å²) in [6.45, 7) is 5.63. The number of piperidine rings is 1. The number of halogens is 1. The van der Waals surface area contributed by atoms with E-state index in [-0.39, 0.29) is 17.8 Å². The van der Waals surface area contributed by atoms with Crippen LogP contribution >= 0.6 is 11.0 Å². The SMILES string of the molecule is CCC(c1ccc(O)c(-c2ccccc2)c1)N1CC[C@@]2(C[C@@H]1C)CN(C)S(O)(O)N2c1cccc(F)c1. The van der Waals surface area contributed by atoms with E-state index in [1.807, 2.05) is 36.4 Å². The number of aromatic hydroxyl groups is 1. The Morgan fingerprint density at radius 3 is 2.49 bits per heavy atom. The Morgan fingerprint density at radius 1 is 1.05 bits per heavy atom. The number of hydrogen-bond acceptors (Lipinski definition) is 6. The Balaban J connectivity index is 1.45. The molecule has 1 spiro atoms. The van der Waals surface area contributed by atoms with Gasteiger partial charge in [-0.1, -0.05) is 60.4 Å². The molecule has 8 heteroatoms. The van der Waals surface area contributed by atoms with Gasteiger partial charge in [-0.05, 0) is 67.6 Å². The maximum Gasteiger partial charge on any atom is 0.125 e. The summed E-state index contributed by atoms with van der Waals surface area (Å²) < 4.78 is 39.8. The van der Waals surface area contributed by atoms with E-state index in [2.05, 4.69) is 24.8 Å². The normalized spacial score (nSPS) is 25.9. The van der Waals surface area contributed by atoms with Crippen molar-refractivity contribution in [3.63, 3.8) is 0 Å². The molecule has 3 aromatic carbocycles. The van der Waals surface area contributed by atoms with Gasteiger partial charge in [0.25, 0.3) is 0 Å². The van der Waals surface area contributed by atoms with Crippen molar-refractivity contribution < 1.29 is 18.6 Å². The highest BCUT2D eigenvalue weighted by Gasteiger charge is 2.56. The zero-order chi connectivity index (χ0) is 26.4. The van der Waals surface area contributed by atoms with Crippen LogP contribution in [0.5, 0.6) is 5.75 Å². The fourth-order valence-electron chi connectivity index (χ4n) is 6.37. The zero-order valence-corrected chi connectivity index (χ0v) is 22.4. The number of rotatable bonds is 5. The van der Waals surface area contributed by atoms with Crippen molar-refractivity contribution in [1.29, 1.82) is 0 Å². The summed E-state index contributed by atoms with van der Waals surface area (Å²) in [6, 6.07) is 22.2. The summed E-state index contributed by atoms with van der Waals surface area (Å²) in [4.78, 5) is 2.49. The first kappa shape index (κ1) is 26.0. The number of hydrogen-bond donors (Lipinski definition) is 3. The van der Waals surface area contributed by atoms with Crippen LogP contribution in [0, 0.1) is 5.82 Å². The van der Waals surface area contributed by atoms with Gasteiger partial charge in [-0.3, -0.25) is 18.3 Å². The molecular weight excluding hydrogens is 489 g/mol. The van der Waals surface area contributed by atoms with Crippen LogP contribution in [0.1, 0.15) is 44.7 Å². The molecule has 2 aliphatic rings. The molecule has 0 aromatic heterocycles. The predicted molar refractivity (Wildman–Crippen MR) is 149 cm³/mol. The lowest BCUT2D eigenvalue weighted by molar-refractivity contribution is 0.0637. The summed E-state index contributed by atoms with van der Waals surface area (Å²) in [7, 11) is -1.52. The fourth-order valence-corrected chi connectivity index (χ4v) is 8.20. The molecule has 37 heavy (non-hydrogen) atoms. The Bertz CT molecular complexity index is 1260. The molecule has 0 radical (unpaired) electrons. The van der Waals surface area contributed by atoms with E-state index in [1.165, 1.54) is 12.1 Å². The van der Waals surface area contributed by atoms with Gasteiger partial charge in [0.2, 0.25) is 0 Å². The quantitative estimate of drug-likeness (QED) is 0.336. The lowest BCUT2D eigenvalue weighted by Gasteiger charge is -2.52. The molecule has 0 amide bonds. The maximum absolute atomic E-state index is 14.2. The van der Waals surface area contributed by atoms with Crippen LogP contribution in [0.15, 0.2) is 72.8 Å². The predicted octanol–water partition coefficient (Wildman–Crippen LogP) is 6.91. The number of likely N-dealkylation sites (N-methyl/N-ethyl adjacent to an activating group) is 1. The number of likely N-dealkylation sites (tertiary alicyclic amines) is 1. The Kier molecular flexibility index (Phi) is 6.98. The van der Waals surface area contributed by atoms with Crippen molar-refractivity contribution in [2.24, 2.45) is 0 Å². The van der Waals surface area contributed by atoms with Gasteiger partial charge in [0.15, 0.2) is 0 Å². The smallest absolute Gasteiger partial charge is 0.125 e. The summed E-state index contributed by atoms with van der Waals surface area (Å²) in [5.41, 5.74) is 2.94. The van der Waals surface area contributed by atoms with E-state index < -0.39 is 22.3 Å². The fraction of sp³-hybridized carbons (Fsp3) is 0.379. The topological polar surface area (TPSA) is 70.4 Å². The lowest BCUT2D eigenvalue weighted by Crippen LogP contribution is -2.57. The van der Waals surface area contributed by atoms with Crippen molar-refractivity contribution in [3.8, 4) is 16.9 Å². The van der Waals surface area contributed by atoms with Crippen LogP contribution in [0.4, 0.5) is 10.1 Å². The number of phenols is 1. The van der Waals surface area contributed by atoms with Gasteiger partial charge in [0, 0.05) is 37.8 Å². The third kappa shape index (κ3) is 4.62. The van der Waals surface area contributed by atoms with E-state index in [9.17, 15) is 18.6 Å². The van der Waals surface area contributed by atoms with E-state index in [4.69, 9.17) is 0 Å². The molecule has 3 aromatic rings. The summed E-state index contributed by atoms with van der Waals surface area (Å²) in [6.07, 6.45) is 2.33. The lowest BCUT2D eigenvalue weighted by atomic mass is 9.81. The van der Waals surface area contributed by atoms with Crippen molar-refractivity contribution in [2.75, 3.05) is 24.4 Å². The average Bonchev–Trinajstić information content (AvgIpc) is 3.06. The van der Waals surface area contributed by atoms with E-state index in [1.54, 1.807) is 33.9 Å². The van der Waals surface area contributed by atoms with Crippen molar-refractivity contribution in [3.05, 3.63) is 84.2 Å². The molecule has 1 unspecified atom stereocenters. The van der Waals surface area contributed by atoms with Gasteiger partial charge in [-0.15, -0.1) is 0 Å². The number of phenolic OH excluding ortho intramolecular Hbond substituents is 1. The third-order valence-corrected chi connectivity index (χ3v) is 10.1. The highest BCUT2D eigenvalue weighted by Crippen LogP contribution is 2.61. The Hall–Kier alpha value is -2.62. The first-order chi connectivity index (χ1) is 17.7. The maximum atomic E-state index is 14.2. The van der Waals surface area contributed by atoms with Crippen LogP contribution in [0.3, 0.4) is 0 Å². The zero-order valence-electron chi connectivity index (χ0n) is 21.6. The van der Waals surface area contributed by atoms with Gasteiger partial charge < -0.3 is 5.11 Å². The minimum Gasteiger partial charge on any atom is -0.507 e. The van der Waals surface area contributed by atoms with E-state index in [0.29, 0.717) is 25.1 Å². The number of benzene rings is 3. The second-order valence-corrected chi connectivity index (χ2v) is 12.4. The van der Waals surface area contributed by atoms with Crippen molar-refractivity contribution in [1.82, 2.24) is 9.21 Å². The molecular formula is C29H36FN3O3S. The van der Waals surface area contributed by atoms with Gasteiger partial charge >= 0.3 is 0 Å². The van der Waals surface area contributed by atoms with Crippen LogP contribution in [-0.2, 0) is 0 Å². The summed E-state index contributed by atoms with van der Waals surface area (Å²) >= 11 is 0. The van der Waals surface area contributed by atoms with Crippen molar-refractivity contribution in [2.45, 2.75) is 50.7 Å². The molecule has 3 atom stereocenters. The molecule has 2 fully saturated rings. The minimum absolute atomic E-state index is 0.144. The molecule has 2 heterocycles. The van der Waals surface area contributed by atoms with Gasteiger partial charge in [-0.2, -0.15) is 4.31 Å². The standard InChI is InChI=1S/C29H36FN3O3S/c1-4-27(23-13-14-28(34)26(17-23)22-9-6-5-7-10-22)32-16-15-29(19-21(32)2)20-31(3)37(35,36)33(29)25-12-8-11-24(30)18-25/h5-14,17-18,21,27,34-36H,4,15-16,19-20H2,1-3H3/t21-,27?,29+/m0/s1. The molecule has 0 saturated carbocycles. The minimum atomic E-state index is -3.25. The summed E-state index contributed by atoms with van der Waals surface area (Å²) in [5.74, 6) is -0.129. The van der Waals surface area contributed by atoms with Crippen LogP contribution in [0.25, 0.3) is 11.1 Å². The number of nitrogens with zero attached hydrogens (tertiary/aromatic N) is 3. The highest BCUT2D eigenvalue weighted by atomic mass is 32.3.